The van der Waals surface area contributed by atoms with Gasteiger partial charge in [-0.3, -0.25) is 0 Å². The van der Waals surface area contributed by atoms with Gasteiger partial charge in [-0.25, -0.2) is 0 Å². The van der Waals surface area contributed by atoms with Gasteiger partial charge >= 0.3 is 0 Å². The van der Waals surface area contributed by atoms with Gasteiger partial charge in [0.2, 0.25) is 0 Å². The second kappa shape index (κ2) is 5.69. The van der Waals surface area contributed by atoms with E-state index in [0.29, 0.717) is 0 Å². The van der Waals surface area contributed by atoms with Crippen LogP contribution in [0.1, 0.15) is 11.1 Å². The Morgan fingerprint density at radius 1 is 0.739 bits per heavy atom. The molecule has 114 valence electrons. The molecule has 3 aromatic rings. The second-order valence-electron chi connectivity index (χ2n) is 5.75. The number of rotatable bonds is 3. The molecule has 1 aliphatic rings. The Labute approximate surface area is 135 Å². The number of para-hydroxylation sites is 1. The second-order valence-corrected chi connectivity index (χ2v) is 5.75. The third-order valence-electron chi connectivity index (χ3n) is 4.20. The zero-order chi connectivity index (χ0) is 15.6. The molecule has 3 nitrogen and oxygen atoms in total. The van der Waals surface area contributed by atoms with Gasteiger partial charge in [0, 0.05) is 24.5 Å². The summed E-state index contributed by atoms with van der Waals surface area (Å²) in [6.45, 7) is 1.76. The van der Waals surface area contributed by atoms with E-state index in [9.17, 15) is 0 Å². The number of fused-ring (bicyclic) bond motifs is 1. The predicted molar refractivity (Wildman–Crippen MR) is 93.7 cm³/mol. The minimum atomic E-state index is 0.844. The SMILES string of the molecule is Nc1cccc2c1CN(c1ccc(Oc3ccccc3)cc1)C2. The van der Waals surface area contributed by atoms with Crippen LogP contribution >= 0.6 is 0 Å². The summed E-state index contributed by atoms with van der Waals surface area (Å²) in [4.78, 5) is 2.33. The van der Waals surface area contributed by atoms with Crippen molar-refractivity contribution in [3.63, 3.8) is 0 Å². The molecule has 0 radical (unpaired) electrons. The summed E-state index contributed by atoms with van der Waals surface area (Å²) in [5, 5.41) is 0. The molecule has 0 saturated heterocycles. The fourth-order valence-corrected chi connectivity index (χ4v) is 2.98. The lowest BCUT2D eigenvalue weighted by Crippen LogP contribution is -2.14. The van der Waals surface area contributed by atoms with Crippen LogP contribution in [0.25, 0.3) is 0 Å². The molecule has 0 amide bonds. The number of nitrogen functional groups attached to an aromatic ring is 1. The van der Waals surface area contributed by atoms with E-state index in [2.05, 4.69) is 23.1 Å². The number of nitrogens with two attached hydrogens (primary N) is 1. The number of benzene rings is 3. The molecule has 1 aliphatic heterocycles. The third-order valence-corrected chi connectivity index (χ3v) is 4.20. The topological polar surface area (TPSA) is 38.5 Å². The molecule has 4 rings (SSSR count). The van der Waals surface area contributed by atoms with Gasteiger partial charge in [0.25, 0.3) is 0 Å². The van der Waals surface area contributed by atoms with Crippen molar-refractivity contribution in [2.24, 2.45) is 0 Å². The Bertz CT molecular complexity index is 813. The maximum absolute atomic E-state index is 6.08. The number of hydrogen-bond donors (Lipinski definition) is 1. The van der Waals surface area contributed by atoms with Crippen LogP contribution < -0.4 is 15.4 Å². The van der Waals surface area contributed by atoms with Gasteiger partial charge in [0.15, 0.2) is 0 Å². The van der Waals surface area contributed by atoms with E-state index in [-0.39, 0.29) is 0 Å². The molecule has 0 spiro atoms. The van der Waals surface area contributed by atoms with E-state index in [1.165, 1.54) is 16.8 Å². The molecule has 2 N–H and O–H groups in total. The van der Waals surface area contributed by atoms with Gasteiger partial charge < -0.3 is 15.4 Å². The van der Waals surface area contributed by atoms with Crippen molar-refractivity contribution >= 4 is 11.4 Å². The van der Waals surface area contributed by atoms with Crippen LogP contribution in [-0.4, -0.2) is 0 Å². The van der Waals surface area contributed by atoms with Crippen molar-refractivity contribution in [1.29, 1.82) is 0 Å². The Kier molecular flexibility index (Phi) is 3.39. The Hall–Kier alpha value is -2.94. The minimum absolute atomic E-state index is 0.844. The van der Waals surface area contributed by atoms with Gasteiger partial charge in [-0.05, 0) is 53.6 Å². The number of hydrogen-bond acceptors (Lipinski definition) is 3. The summed E-state index contributed by atoms with van der Waals surface area (Å²) in [7, 11) is 0. The normalized spacial score (nSPS) is 13.0. The van der Waals surface area contributed by atoms with Crippen molar-refractivity contribution < 1.29 is 4.74 Å². The quantitative estimate of drug-likeness (QED) is 0.720. The van der Waals surface area contributed by atoms with Crippen molar-refractivity contribution in [3.8, 4) is 11.5 Å². The molecule has 3 heteroatoms. The Morgan fingerprint density at radius 3 is 2.22 bits per heavy atom. The molecule has 1 heterocycles. The van der Waals surface area contributed by atoms with Crippen molar-refractivity contribution in [2.75, 3.05) is 10.6 Å². The average molecular weight is 302 g/mol. The summed E-state index contributed by atoms with van der Waals surface area (Å²) < 4.78 is 5.84. The molecule has 0 saturated carbocycles. The molecule has 0 aliphatic carbocycles. The van der Waals surface area contributed by atoms with Crippen LogP contribution in [-0.2, 0) is 13.1 Å². The predicted octanol–water partition coefficient (Wildman–Crippen LogP) is 4.58. The number of nitrogens with zero attached hydrogens (tertiary/aromatic N) is 1. The lowest BCUT2D eigenvalue weighted by Gasteiger charge is -2.18. The van der Waals surface area contributed by atoms with Crippen LogP contribution in [0.2, 0.25) is 0 Å². The zero-order valence-electron chi connectivity index (χ0n) is 12.8. The highest BCUT2D eigenvalue weighted by Gasteiger charge is 2.20. The maximum atomic E-state index is 6.08. The highest BCUT2D eigenvalue weighted by atomic mass is 16.5. The highest BCUT2D eigenvalue weighted by Crippen LogP contribution is 2.32. The molecule has 3 aromatic carbocycles. The summed E-state index contributed by atoms with van der Waals surface area (Å²) in [5.74, 6) is 1.69. The number of ether oxygens (including phenoxy) is 1. The Morgan fingerprint density at radius 2 is 1.48 bits per heavy atom. The maximum Gasteiger partial charge on any atom is 0.127 e. The van der Waals surface area contributed by atoms with E-state index in [0.717, 1.165) is 30.3 Å². The molecule has 0 atom stereocenters. The van der Waals surface area contributed by atoms with E-state index >= 15 is 0 Å². The van der Waals surface area contributed by atoms with Crippen LogP contribution in [0.15, 0.2) is 72.8 Å². The number of anilines is 2. The van der Waals surface area contributed by atoms with Gasteiger partial charge in [-0.1, -0.05) is 30.3 Å². The van der Waals surface area contributed by atoms with E-state index in [1.807, 2.05) is 54.6 Å². The average Bonchev–Trinajstić information content (AvgIpc) is 3.02. The summed E-state index contributed by atoms with van der Waals surface area (Å²) in [6, 6.07) is 24.2. The van der Waals surface area contributed by atoms with Crippen LogP contribution in [0.5, 0.6) is 11.5 Å². The fourth-order valence-electron chi connectivity index (χ4n) is 2.98. The molecule has 23 heavy (non-hydrogen) atoms. The van der Waals surface area contributed by atoms with Crippen LogP contribution in [0.4, 0.5) is 11.4 Å². The van der Waals surface area contributed by atoms with Crippen molar-refractivity contribution in [3.05, 3.63) is 83.9 Å². The monoisotopic (exact) mass is 302 g/mol. The molecular formula is C20H18N2O. The van der Waals surface area contributed by atoms with Crippen LogP contribution in [0.3, 0.4) is 0 Å². The third kappa shape index (κ3) is 2.73. The first-order valence-corrected chi connectivity index (χ1v) is 7.74. The summed E-state index contributed by atoms with van der Waals surface area (Å²) in [5.41, 5.74) is 10.7. The highest BCUT2D eigenvalue weighted by molar-refractivity contribution is 5.60. The first-order chi connectivity index (χ1) is 11.3. The van der Waals surface area contributed by atoms with Gasteiger partial charge in [0.05, 0.1) is 0 Å². The Balaban J connectivity index is 1.50. The van der Waals surface area contributed by atoms with E-state index < -0.39 is 0 Å². The molecular weight excluding hydrogens is 284 g/mol. The molecule has 0 unspecified atom stereocenters. The fraction of sp³-hybridized carbons (Fsp3) is 0.100. The zero-order valence-corrected chi connectivity index (χ0v) is 12.8. The largest absolute Gasteiger partial charge is 0.457 e. The van der Waals surface area contributed by atoms with Crippen LogP contribution in [0, 0.1) is 0 Å². The molecule has 0 aromatic heterocycles. The lowest BCUT2D eigenvalue weighted by molar-refractivity contribution is 0.482. The van der Waals surface area contributed by atoms with Gasteiger partial charge in [0.1, 0.15) is 11.5 Å². The standard InChI is InChI=1S/C20H18N2O/c21-20-8-4-5-15-13-22(14-19(15)20)16-9-11-18(12-10-16)23-17-6-2-1-3-7-17/h1-12H,13-14,21H2. The van der Waals surface area contributed by atoms with Crippen molar-refractivity contribution in [2.45, 2.75) is 13.1 Å². The summed E-state index contributed by atoms with van der Waals surface area (Å²) in [6.07, 6.45) is 0. The smallest absolute Gasteiger partial charge is 0.127 e. The first kappa shape index (κ1) is 13.7. The molecule has 0 bridgehead atoms. The van der Waals surface area contributed by atoms with E-state index in [1.54, 1.807) is 0 Å². The van der Waals surface area contributed by atoms with Crippen molar-refractivity contribution in [1.82, 2.24) is 0 Å². The first-order valence-electron chi connectivity index (χ1n) is 7.74. The van der Waals surface area contributed by atoms with E-state index in [4.69, 9.17) is 10.5 Å². The molecule has 0 fully saturated rings. The lowest BCUT2D eigenvalue weighted by atomic mass is 10.1. The minimum Gasteiger partial charge on any atom is -0.457 e. The van der Waals surface area contributed by atoms with Gasteiger partial charge in [-0.2, -0.15) is 0 Å². The van der Waals surface area contributed by atoms with Gasteiger partial charge in [-0.15, -0.1) is 0 Å². The summed E-state index contributed by atoms with van der Waals surface area (Å²) >= 11 is 0.